The van der Waals surface area contributed by atoms with E-state index in [-0.39, 0.29) is 0 Å². The standard InChI is InChI=1S/C17H19N5O/c1-23-13-4-2-11(3-5-13)10-22-17-15(16(18)21-22)14-6-7-19-8-12(14)9-20-17/h2-5,9,19H,6-8,10H2,1H3,(H2,18,21). The first-order valence-electron chi connectivity index (χ1n) is 7.72. The largest absolute Gasteiger partial charge is 0.497 e. The number of anilines is 1. The molecule has 1 aliphatic heterocycles. The van der Waals surface area contributed by atoms with Crippen LogP contribution in [0.25, 0.3) is 11.0 Å². The number of nitrogens with zero attached hydrogens (tertiary/aromatic N) is 3. The average Bonchev–Trinajstić information content (AvgIpc) is 2.92. The molecule has 3 heterocycles. The van der Waals surface area contributed by atoms with E-state index in [0.29, 0.717) is 12.4 Å². The first kappa shape index (κ1) is 14.0. The summed E-state index contributed by atoms with van der Waals surface area (Å²) in [5.74, 6) is 1.41. The van der Waals surface area contributed by atoms with Gasteiger partial charge in [0.05, 0.1) is 19.0 Å². The van der Waals surface area contributed by atoms with Gasteiger partial charge in [-0.3, -0.25) is 0 Å². The third-order valence-corrected chi connectivity index (χ3v) is 4.34. The molecule has 1 aliphatic rings. The molecule has 0 saturated heterocycles. The monoisotopic (exact) mass is 309 g/mol. The molecule has 6 heteroatoms. The number of hydrogen-bond donors (Lipinski definition) is 2. The Kier molecular flexibility index (Phi) is 3.38. The van der Waals surface area contributed by atoms with Crippen molar-refractivity contribution in [1.82, 2.24) is 20.1 Å². The van der Waals surface area contributed by atoms with Gasteiger partial charge in [0.2, 0.25) is 0 Å². The van der Waals surface area contributed by atoms with Gasteiger partial charge in [0, 0.05) is 12.7 Å². The van der Waals surface area contributed by atoms with Crippen LogP contribution in [0, 0.1) is 0 Å². The molecule has 2 aromatic heterocycles. The van der Waals surface area contributed by atoms with Crippen molar-refractivity contribution in [2.24, 2.45) is 0 Å². The van der Waals surface area contributed by atoms with Crippen molar-refractivity contribution in [1.29, 1.82) is 0 Å². The van der Waals surface area contributed by atoms with E-state index in [2.05, 4.69) is 15.4 Å². The highest BCUT2D eigenvalue weighted by molar-refractivity contribution is 5.90. The molecule has 0 spiro atoms. The summed E-state index contributed by atoms with van der Waals surface area (Å²) in [6.07, 6.45) is 2.91. The summed E-state index contributed by atoms with van der Waals surface area (Å²) in [5, 5.41) is 8.89. The van der Waals surface area contributed by atoms with E-state index >= 15 is 0 Å². The van der Waals surface area contributed by atoms with Gasteiger partial charge >= 0.3 is 0 Å². The van der Waals surface area contributed by atoms with Gasteiger partial charge in [0.25, 0.3) is 0 Å². The van der Waals surface area contributed by atoms with E-state index in [1.807, 2.05) is 35.1 Å². The number of fused-ring (bicyclic) bond motifs is 3. The summed E-state index contributed by atoms with van der Waals surface area (Å²) in [6.45, 7) is 2.46. The fraction of sp³-hybridized carbons (Fsp3) is 0.294. The second-order valence-electron chi connectivity index (χ2n) is 5.78. The van der Waals surface area contributed by atoms with Crippen LogP contribution in [0.4, 0.5) is 5.82 Å². The number of rotatable bonds is 3. The van der Waals surface area contributed by atoms with Crippen molar-refractivity contribution in [2.45, 2.75) is 19.5 Å². The number of hydrogen-bond acceptors (Lipinski definition) is 5. The van der Waals surface area contributed by atoms with Gasteiger partial charge in [-0.15, -0.1) is 0 Å². The van der Waals surface area contributed by atoms with E-state index in [0.717, 1.165) is 41.9 Å². The van der Waals surface area contributed by atoms with Crippen LogP contribution >= 0.6 is 0 Å². The maximum atomic E-state index is 6.19. The van der Waals surface area contributed by atoms with Crippen molar-refractivity contribution < 1.29 is 4.74 Å². The van der Waals surface area contributed by atoms with E-state index in [9.17, 15) is 0 Å². The van der Waals surface area contributed by atoms with Crippen LogP contribution in [0.1, 0.15) is 16.7 Å². The van der Waals surface area contributed by atoms with Crippen molar-refractivity contribution in [3.8, 4) is 5.75 Å². The molecule has 0 bridgehead atoms. The molecule has 0 fully saturated rings. The number of nitrogens with two attached hydrogens (primary N) is 1. The smallest absolute Gasteiger partial charge is 0.160 e. The lowest BCUT2D eigenvalue weighted by Crippen LogP contribution is -2.24. The Morgan fingerprint density at radius 2 is 2.13 bits per heavy atom. The molecule has 118 valence electrons. The third kappa shape index (κ3) is 2.41. The second-order valence-corrected chi connectivity index (χ2v) is 5.78. The number of ether oxygens (including phenoxy) is 1. The summed E-state index contributed by atoms with van der Waals surface area (Å²) in [6, 6.07) is 7.96. The normalized spacial score (nSPS) is 14.0. The van der Waals surface area contributed by atoms with Gasteiger partial charge in [0.15, 0.2) is 11.5 Å². The zero-order chi connectivity index (χ0) is 15.8. The Balaban J connectivity index is 1.75. The lowest BCUT2D eigenvalue weighted by atomic mass is 10.0. The number of nitrogens with one attached hydrogen (secondary N) is 1. The molecular formula is C17H19N5O. The topological polar surface area (TPSA) is 78.0 Å². The minimum atomic E-state index is 0.569. The highest BCUT2D eigenvalue weighted by Gasteiger charge is 2.19. The number of nitrogen functional groups attached to an aromatic ring is 1. The van der Waals surface area contributed by atoms with Crippen LogP contribution in [0.3, 0.4) is 0 Å². The summed E-state index contributed by atoms with van der Waals surface area (Å²) < 4.78 is 7.08. The van der Waals surface area contributed by atoms with Crippen molar-refractivity contribution in [2.75, 3.05) is 19.4 Å². The summed E-state index contributed by atoms with van der Waals surface area (Å²) in [4.78, 5) is 4.60. The Morgan fingerprint density at radius 1 is 1.30 bits per heavy atom. The van der Waals surface area contributed by atoms with E-state index < -0.39 is 0 Å². The van der Waals surface area contributed by atoms with Gasteiger partial charge < -0.3 is 15.8 Å². The molecule has 0 radical (unpaired) electrons. The first-order chi connectivity index (χ1) is 11.3. The predicted molar refractivity (Wildman–Crippen MR) is 89.4 cm³/mol. The average molecular weight is 309 g/mol. The zero-order valence-corrected chi connectivity index (χ0v) is 13.0. The first-order valence-corrected chi connectivity index (χ1v) is 7.72. The number of methoxy groups -OCH3 is 1. The summed E-state index contributed by atoms with van der Waals surface area (Å²) in [7, 11) is 1.67. The Bertz CT molecular complexity index is 854. The van der Waals surface area contributed by atoms with Crippen LogP contribution in [-0.4, -0.2) is 28.4 Å². The third-order valence-electron chi connectivity index (χ3n) is 4.34. The highest BCUT2D eigenvalue weighted by Crippen LogP contribution is 2.28. The molecule has 0 saturated carbocycles. The molecule has 6 nitrogen and oxygen atoms in total. The molecule has 23 heavy (non-hydrogen) atoms. The minimum Gasteiger partial charge on any atom is -0.497 e. The predicted octanol–water partition coefficient (Wildman–Crippen LogP) is 1.72. The van der Waals surface area contributed by atoms with Crippen molar-refractivity contribution >= 4 is 16.9 Å². The highest BCUT2D eigenvalue weighted by atomic mass is 16.5. The molecular weight excluding hydrogens is 290 g/mol. The maximum absolute atomic E-state index is 6.19. The van der Waals surface area contributed by atoms with E-state index in [1.54, 1.807) is 7.11 Å². The van der Waals surface area contributed by atoms with Gasteiger partial charge in [0.1, 0.15) is 5.75 Å². The molecule has 0 aliphatic carbocycles. The molecule has 0 unspecified atom stereocenters. The van der Waals surface area contributed by atoms with Gasteiger partial charge in [-0.05, 0) is 41.8 Å². The van der Waals surface area contributed by atoms with Crippen LogP contribution in [0.15, 0.2) is 30.5 Å². The molecule has 1 aromatic carbocycles. The molecule has 0 amide bonds. The van der Waals surface area contributed by atoms with Crippen LogP contribution < -0.4 is 15.8 Å². The summed E-state index contributed by atoms with van der Waals surface area (Å²) in [5.41, 5.74) is 10.7. The SMILES string of the molecule is COc1ccc(Cn2nc(N)c3c4c(cnc32)CNCC4)cc1. The van der Waals surface area contributed by atoms with E-state index in [4.69, 9.17) is 10.5 Å². The maximum Gasteiger partial charge on any atom is 0.160 e. The van der Waals surface area contributed by atoms with Gasteiger partial charge in [-0.25, -0.2) is 9.67 Å². The Labute approximate surface area is 134 Å². The van der Waals surface area contributed by atoms with Crippen LogP contribution in [0.5, 0.6) is 5.75 Å². The second kappa shape index (κ2) is 5.55. The lowest BCUT2D eigenvalue weighted by molar-refractivity contribution is 0.414. The van der Waals surface area contributed by atoms with Gasteiger partial charge in [-0.2, -0.15) is 5.10 Å². The molecule has 3 aromatic rings. The van der Waals surface area contributed by atoms with Crippen molar-refractivity contribution in [3.63, 3.8) is 0 Å². The molecule has 0 atom stereocenters. The van der Waals surface area contributed by atoms with Crippen LogP contribution in [0.2, 0.25) is 0 Å². The number of pyridine rings is 1. The molecule has 3 N–H and O–H groups in total. The minimum absolute atomic E-state index is 0.569. The van der Waals surface area contributed by atoms with Crippen LogP contribution in [-0.2, 0) is 19.5 Å². The lowest BCUT2D eigenvalue weighted by Gasteiger charge is -2.17. The Hall–Kier alpha value is -2.60. The quantitative estimate of drug-likeness (QED) is 0.770. The fourth-order valence-corrected chi connectivity index (χ4v) is 3.16. The molecule has 4 rings (SSSR count). The number of benzene rings is 1. The zero-order valence-electron chi connectivity index (χ0n) is 13.0. The summed E-state index contributed by atoms with van der Waals surface area (Å²) >= 11 is 0. The number of aromatic nitrogens is 3. The van der Waals surface area contributed by atoms with Gasteiger partial charge in [-0.1, -0.05) is 12.1 Å². The fourth-order valence-electron chi connectivity index (χ4n) is 3.16. The Morgan fingerprint density at radius 3 is 2.91 bits per heavy atom. The van der Waals surface area contributed by atoms with E-state index in [1.165, 1.54) is 11.1 Å². The van der Waals surface area contributed by atoms with Crippen molar-refractivity contribution in [3.05, 3.63) is 47.2 Å².